The van der Waals surface area contributed by atoms with Crippen LogP contribution in [0.3, 0.4) is 0 Å². The molecular weight excluding hydrogens is 241 g/mol. The van der Waals surface area contributed by atoms with Gasteiger partial charge in [0.1, 0.15) is 0 Å². The van der Waals surface area contributed by atoms with Crippen molar-refractivity contribution >= 4 is 23.2 Å². The van der Waals surface area contributed by atoms with Crippen molar-refractivity contribution in [1.82, 2.24) is 0 Å². The molecule has 1 unspecified atom stereocenters. The van der Waals surface area contributed by atoms with Crippen LogP contribution < -0.4 is 5.73 Å². The van der Waals surface area contributed by atoms with Crippen LogP contribution in [0.4, 0.5) is 0 Å². The molecule has 0 aliphatic heterocycles. The van der Waals surface area contributed by atoms with Gasteiger partial charge in [0.15, 0.2) is 0 Å². The Morgan fingerprint density at radius 3 is 2.44 bits per heavy atom. The first-order chi connectivity index (χ1) is 7.30. The number of nitrogens with two attached hydrogens (primary N) is 1. The van der Waals surface area contributed by atoms with Crippen LogP contribution in [-0.4, -0.2) is 6.04 Å². The van der Waals surface area contributed by atoms with Crippen molar-refractivity contribution in [3.63, 3.8) is 0 Å². The molecule has 1 aromatic rings. The predicted molar refractivity (Wildman–Crippen MR) is 72.2 cm³/mol. The van der Waals surface area contributed by atoms with E-state index in [9.17, 15) is 0 Å². The summed E-state index contributed by atoms with van der Waals surface area (Å²) in [7, 11) is 0. The second kappa shape index (κ2) is 5.39. The second-order valence-corrected chi connectivity index (χ2v) is 6.10. The number of halogens is 2. The van der Waals surface area contributed by atoms with E-state index >= 15 is 0 Å². The third-order valence-electron chi connectivity index (χ3n) is 2.56. The highest BCUT2D eigenvalue weighted by molar-refractivity contribution is 6.35. The third kappa shape index (κ3) is 4.32. The van der Waals surface area contributed by atoms with Gasteiger partial charge in [-0.3, -0.25) is 0 Å². The maximum Gasteiger partial charge on any atom is 0.0453 e. The highest BCUT2D eigenvalue weighted by Crippen LogP contribution is 2.31. The van der Waals surface area contributed by atoms with Crippen LogP contribution in [0.2, 0.25) is 10.0 Å². The first-order valence-corrected chi connectivity index (χ1v) is 6.25. The van der Waals surface area contributed by atoms with Gasteiger partial charge in [0.2, 0.25) is 0 Å². The number of benzene rings is 1. The van der Waals surface area contributed by atoms with Crippen LogP contribution in [0.5, 0.6) is 0 Å². The highest BCUT2D eigenvalue weighted by Gasteiger charge is 2.21. The van der Waals surface area contributed by atoms with Gasteiger partial charge < -0.3 is 5.73 Å². The maximum atomic E-state index is 6.16. The average Bonchev–Trinajstić information content (AvgIpc) is 2.07. The molecule has 0 bridgehead atoms. The van der Waals surface area contributed by atoms with Gasteiger partial charge in [0, 0.05) is 16.1 Å². The molecule has 0 fully saturated rings. The molecule has 1 rings (SSSR count). The van der Waals surface area contributed by atoms with Crippen LogP contribution in [0, 0.1) is 5.41 Å². The Bertz CT molecular complexity index is 359. The molecule has 0 saturated carbocycles. The molecule has 0 aromatic heterocycles. The molecule has 2 N–H and O–H groups in total. The quantitative estimate of drug-likeness (QED) is 0.858. The van der Waals surface area contributed by atoms with Crippen molar-refractivity contribution in [3.05, 3.63) is 33.8 Å². The zero-order valence-electron chi connectivity index (χ0n) is 10.1. The van der Waals surface area contributed by atoms with Crippen molar-refractivity contribution in [1.29, 1.82) is 0 Å². The van der Waals surface area contributed by atoms with E-state index in [0.717, 1.165) is 23.4 Å². The fourth-order valence-electron chi connectivity index (χ4n) is 2.12. The Balaban J connectivity index is 2.79. The first-order valence-electron chi connectivity index (χ1n) is 5.50. The van der Waals surface area contributed by atoms with Crippen molar-refractivity contribution in [2.24, 2.45) is 11.1 Å². The summed E-state index contributed by atoms with van der Waals surface area (Å²) in [6.45, 7) is 6.45. The van der Waals surface area contributed by atoms with Gasteiger partial charge in [-0.15, -0.1) is 0 Å². The van der Waals surface area contributed by atoms with Gasteiger partial charge >= 0.3 is 0 Å². The van der Waals surface area contributed by atoms with Crippen LogP contribution >= 0.6 is 23.2 Å². The van der Waals surface area contributed by atoms with Gasteiger partial charge in [-0.1, -0.05) is 43.1 Å². The van der Waals surface area contributed by atoms with E-state index in [1.165, 1.54) is 0 Å². The summed E-state index contributed by atoms with van der Waals surface area (Å²) in [5, 5.41) is 1.42. The van der Waals surface area contributed by atoms with Crippen LogP contribution in [0.25, 0.3) is 0 Å². The lowest BCUT2D eigenvalue weighted by Crippen LogP contribution is -2.26. The molecule has 0 aliphatic carbocycles. The monoisotopic (exact) mass is 259 g/mol. The van der Waals surface area contributed by atoms with E-state index in [4.69, 9.17) is 28.9 Å². The smallest absolute Gasteiger partial charge is 0.0453 e. The summed E-state index contributed by atoms with van der Waals surface area (Å²) in [6, 6.07) is 5.87. The molecule has 16 heavy (non-hydrogen) atoms. The van der Waals surface area contributed by atoms with Gasteiger partial charge in [0.25, 0.3) is 0 Å². The largest absolute Gasteiger partial charge is 0.328 e. The fraction of sp³-hybridized carbons (Fsp3) is 0.538. The zero-order valence-corrected chi connectivity index (χ0v) is 11.6. The van der Waals surface area contributed by atoms with Crippen molar-refractivity contribution in [2.45, 2.75) is 39.7 Å². The van der Waals surface area contributed by atoms with Gasteiger partial charge in [-0.25, -0.2) is 0 Å². The molecule has 0 radical (unpaired) electrons. The minimum absolute atomic E-state index is 0.158. The van der Waals surface area contributed by atoms with Crippen LogP contribution in [0.15, 0.2) is 18.2 Å². The first kappa shape index (κ1) is 13.8. The normalized spacial score (nSPS) is 13.9. The van der Waals surface area contributed by atoms with E-state index < -0.39 is 0 Å². The molecule has 90 valence electrons. The molecule has 0 heterocycles. The predicted octanol–water partition coefficient (Wildman–Crippen LogP) is 4.30. The summed E-state index contributed by atoms with van der Waals surface area (Å²) >= 11 is 12.0. The Hall–Kier alpha value is -0.240. The van der Waals surface area contributed by atoms with E-state index in [1.807, 2.05) is 19.1 Å². The van der Waals surface area contributed by atoms with Crippen LogP contribution in [0.1, 0.15) is 32.8 Å². The average molecular weight is 260 g/mol. The summed E-state index contributed by atoms with van der Waals surface area (Å²) in [5.41, 5.74) is 7.13. The van der Waals surface area contributed by atoms with Gasteiger partial charge in [0.05, 0.1) is 0 Å². The van der Waals surface area contributed by atoms with E-state index in [-0.39, 0.29) is 11.5 Å². The summed E-state index contributed by atoms with van der Waals surface area (Å²) in [4.78, 5) is 0. The fourth-order valence-corrected chi connectivity index (χ4v) is 2.60. The molecule has 0 amide bonds. The number of rotatable bonds is 4. The highest BCUT2D eigenvalue weighted by atomic mass is 35.5. The standard InChI is InChI=1S/C13H19Cl2N/c1-9(16)7-13(2,3)8-10-4-5-11(14)6-12(10)15/h4-6,9H,7-8,16H2,1-3H3. The van der Waals surface area contributed by atoms with Crippen molar-refractivity contribution in [3.8, 4) is 0 Å². The van der Waals surface area contributed by atoms with E-state index in [0.29, 0.717) is 5.02 Å². The van der Waals surface area contributed by atoms with E-state index in [2.05, 4.69) is 13.8 Å². The second-order valence-electron chi connectivity index (χ2n) is 5.26. The Kier molecular flexibility index (Phi) is 4.66. The maximum absolute atomic E-state index is 6.16. The molecule has 0 saturated heterocycles. The SMILES string of the molecule is CC(N)CC(C)(C)Cc1ccc(Cl)cc1Cl. The Morgan fingerprint density at radius 1 is 1.31 bits per heavy atom. The Morgan fingerprint density at radius 2 is 1.94 bits per heavy atom. The molecule has 0 spiro atoms. The van der Waals surface area contributed by atoms with Crippen LogP contribution in [-0.2, 0) is 6.42 Å². The van der Waals surface area contributed by atoms with Gasteiger partial charge in [-0.2, -0.15) is 0 Å². The Labute approximate surface area is 108 Å². The van der Waals surface area contributed by atoms with Crippen molar-refractivity contribution < 1.29 is 0 Å². The minimum Gasteiger partial charge on any atom is -0.328 e. The molecule has 3 heteroatoms. The summed E-state index contributed by atoms with van der Waals surface area (Å²) in [5.74, 6) is 0. The lowest BCUT2D eigenvalue weighted by molar-refractivity contribution is 0.309. The molecule has 1 atom stereocenters. The molecular formula is C13H19Cl2N. The lowest BCUT2D eigenvalue weighted by Gasteiger charge is -2.27. The third-order valence-corrected chi connectivity index (χ3v) is 3.15. The zero-order chi connectivity index (χ0) is 12.3. The minimum atomic E-state index is 0.158. The summed E-state index contributed by atoms with van der Waals surface area (Å²) in [6.07, 6.45) is 1.90. The molecule has 1 aromatic carbocycles. The molecule has 1 nitrogen and oxygen atoms in total. The number of hydrogen-bond acceptors (Lipinski definition) is 1. The lowest BCUT2D eigenvalue weighted by atomic mass is 9.80. The summed E-state index contributed by atoms with van der Waals surface area (Å²) < 4.78 is 0. The van der Waals surface area contributed by atoms with Crippen molar-refractivity contribution in [2.75, 3.05) is 0 Å². The molecule has 0 aliphatic rings. The number of hydrogen-bond donors (Lipinski definition) is 1. The van der Waals surface area contributed by atoms with E-state index in [1.54, 1.807) is 6.07 Å². The topological polar surface area (TPSA) is 26.0 Å². The van der Waals surface area contributed by atoms with Gasteiger partial charge in [-0.05, 0) is 42.9 Å².